The molecule has 0 spiro atoms. The molecule has 1 aliphatic rings. The molecule has 3 atom stereocenters. The number of amides is 2. The number of halogens is 1. The Balaban J connectivity index is 1.99. The summed E-state index contributed by atoms with van der Waals surface area (Å²) >= 11 is 0. The van der Waals surface area contributed by atoms with E-state index >= 15 is 0 Å². The van der Waals surface area contributed by atoms with Crippen LogP contribution in [0.4, 0.5) is 9.18 Å². The van der Waals surface area contributed by atoms with Crippen LogP contribution in [0.2, 0.25) is 0 Å². The van der Waals surface area contributed by atoms with Gasteiger partial charge in [0.15, 0.2) is 0 Å². The molecule has 0 bridgehead atoms. The van der Waals surface area contributed by atoms with Crippen LogP contribution in [-0.2, 0) is 16.0 Å². The minimum Gasteiger partial charge on any atom is -0.447 e. The number of likely N-dealkylation sites (tertiary alicyclic amines) is 1. The summed E-state index contributed by atoms with van der Waals surface area (Å²) < 4.78 is 19.2. The van der Waals surface area contributed by atoms with Crippen LogP contribution in [0.15, 0.2) is 42.0 Å². The second-order valence-corrected chi connectivity index (χ2v) is 8.93. The maximum Gasteiger partial charge on any atom is 0.475 e. The number of nitrogens with zero attached hydrogens (tertiary/aromatic N) is 2. The molecule has 1 aromatic carbocycles. The lowest BCUT2D eigenvalue weighted by Crippen LogP contribution is -2.49. The monoisotopic (exact) mass is 445 g/mol. The van der Waals surface area contributed by atoms with E-state index in [2.05, 4.69) is 5.32 Å². The highest BCUT2D eigenvalue weighted by Gasteiger charge is 2.38. The Hall–Kier alpha value is -2.90. The lowest BCUT2D eigenvalue weighted by molar-refractivity contribution is -0.128. The van der Waals surface area contributed by atoms with Crippen molar-refractivity contribution in [3.63, 3.8) is 0 Å². The average molecular weight is 445 g/mol. The average Bonchev–Trinajstić information content (AvgIpc) is 3.10. The van der Waals surface area contributed by atoms with Gasteiger partial charge in [0.05, 0.1) is 18.5 Å². The number of nitrogens with one attached hydrogen (secondary N) is 1. The number of allylic oxidation sites excluding steroid dienone is 1. The van der Waals surface area contributed by atoms with Crippen LogP contribution in [0.1, 0.15) is 32.8 Å². The van der Waals surface area contributed by atoms with Crippen molar-refractivity contribution in [3.8, 4) is 6.07 Å². The zero-order valence-corrected chi connectivity index (χ0v) is 18.5. The zero-order chi connectivity index (χ0) is 23.9. The molecule has 2 rings (SSSR count). The first kappa shape index (κ1) is 25.4. The molecule has 1 saturated heterocycles. The molecule has 10 heteroatoms. The van der Waals surface area contributed by atoms with Gasteiger partial charge in [0.2, 0.25) is 0 Å². The number of hydrogen-bond donors (Lipinski definition) is 3. The second kappa shape index (κ2) is 11.1. The number of ether oxygens (including phenoxy) is 1. The van der Waals surface area contributed by atoms with Gasteiger partial charge in [-0.1, -0.05) is 57.2 Å². The first-order chi connectivity index (χ1) is 15.0. The molecule has 3 N–H and O–H groups in total. The van der Waals surface area contributed by atoms with E-state index in [-0.39, 0.29) is 31.6 Å². The van der Waals surface area contributed by atoms with Crippen LogP contribution >= 0.6 is 0 Å². The molecule has 1 fully saturated rings. The topological polar surface area (TPSA) is 123 Å². The predicted molar refractivity (Wildman–Crippen MR) is 117 cm³/mol. The predicted octanol–water partition coefficient (Wildman–Crippen LogP) is 1.77. The summed E-state index contributed by atoms with van der Waals surface area (Å²) in [6, 6.07) is 10.1. The quantitative estimate of drug-likeness (QED) is 0.334. The number of alkyl halides is 1. The number of carbonyl (C=O) groups is 2. The summed E-state index contributed by atoms with van der Waals surface area (Å²) in [4.78, 5) is 26.2. The highest BCUT2D eigenvalue weighted by molar-refractivity contribution is 6.43. The molecule has 2 amide bonds. The van der Waals surface area contributed by atoms with Gasteiger partial charge in [-0.3, -0.25) is 4.79 Å². The Kier molecular flexibility index (Phi) is 8.81. The van der Waals surface area contributed by atoms with Crippen molar-refractivity contribution in [2.24, 2.45) is 5.41 Å². The van der Waals surface area contributed by atoms with Crippen LogP contribution in [-0.4, -0.2) is 65.4 Å². The smallest absolute Gasteiger partial charge is 0.447 e. The molecular weight excluding hydrogens is 416 g/mol. The Morgan fingerprint density at radius 1 is 1.38 bits per heavy atom. The van der Waals surface area contributed by atoms with Gasteiger partial charge in [-0.15, -0.1) is 0 Å². The van der Waals surface area contributed by atoms with E-state index in [9.17, 15) is 29.3 Å². The molecule has 1 heterocycles. The number of benzene rings is 1. The van der Waals surface area contributed by atoms with Crippen LogP contribution < -0.4 is 5.32 Å². The minimum atomic E-state index is -1.82. The van der Waals surface area contributed by atoms with Gasteiger partial charge in [0, 0.05) is 6.42 Å². The van der Waals surface area contributed by atoms with Crippen molar-refractivity contribution in [1.29, 1.82) is 5.26 Å². The number of hydrogen-bond acceptors (Lipinski definition) is 6. The van der Waals surface area contributed by atoms with Crippen molar-refractivity contribution >= 4 is 19.1 Å². The van der Waals surface area contributed by atoms with Crippen molar-refractivity contribution < 1.29 is 28.8 Å². The van der Waals surface area contributed by atoms with Gasteiger partial charge in [0.25, 0.3) is 5.91 Å². The Labute approximate surface area is 187 Å². The molecule has 1 aliphatic heterocycles. The summed E-state index contributed by atoms with van der Waals surface area (Å²) in [5.74, 6) is -1.62. The normalized spacial score (nSPS) is 19.8. The van der Waals surface area contributed by atoms with Crippen molar-refractivity contribution in [3.05, 3.63) is 47.5 Å². The number of carbonyl (C=O) groups excluding carboxylic acids is 2. The SMILES string of the molecule is CC(C)(C)/C=C(\C#N)C(=O)N1C[C@H](F)C[C@@H]1COC(=O)NC(Cc1ccccc1)B(O)O. The van der Waals surface area contributed by atoms with Crippen LogP contribution in [0, 0.1) is 16.7 Å². The molecule has 172 valence electrons. The number of rotatable bonds is 7. The minimum absolute atomic E-state index is 0.0245. The van der Waals surface area contributed by atoms with Gasteiger partial charge in [-0.05, 0) is 17.4 Å². The van der Waals surface area contributed by atoms with Crippen molar-refractivity contribution in [2.45, 2.75) is 51.8 Å². The molecule has 1 unspecified atom stereocenters. The molecule has 0 saturated carbocycles. The summed E-state index contributed by atoms with van der Waals surface area (Å²) in [5.41, 5.74) is 0.279. The number of nitriles is 1. The standard InChI is InChI=1S/C22H29BFN3O5/c1-22(2,3)11-16(12-25)20(28)27-13-17(24)10-18(27)14-32-21(29)26-19(23(30)31)9-15-7-5-4-6-8-15/h4-8,11,17-19,30-31H,9-10,13-14H2,1-3H3,(H,26,29)/b16-11+/t17-,18-,19?/m1/s1. The molecular formula is C22H29BFN3O5. The van der Waals surface area contributed by atoms with Gasteiger partial charge in [0.1, 0.15) is 24.4 Å². The van der Waals surface area contributed by atoms with E-state index in [1.807, 2.05) is 32.9 Å². The summed E-state index contributed by atoms with van der Waals surface area (Å²) in [7, 11) is -1.82. The summed E-state index contributed by atoms with van der Waals surface area (Å²) in [6.07, 6.45) is -0.544. The van der Waals surface area contributed by atoms with E-state index in [0.29, 0.717) is 0 Å². The zero-order valence-electron chi connectivity index (χ0n) is 18.5. The largest absolute Gasteiger partial charge is 0.475 e. The van der Waals surface area contributed by atoms with E-state index < -0.39 is 42.7 Å². The fraction of sp³-hybridized carbons (Fsp3) is 0.500. The summed E-state index contributed by atoms with van der Waals surface area (Å²) in [6.45, 7) is 5.04. The Morgan fingerprint density at radius 3 is 2.59 bits per heavy atom. The fourth-order valence-electron chi connectivity index (χ4n) is 3.46. The highest BCUT2D eigenvalue weighted by atomic mass is 19.1. The summed E-state index contributed by atoms with van der Waals surface area (Å²) in [5, 5.41) is 30.9. The van der Waals surface area contributed by atoms with Gasteiger partial charge in [-0.2, -0.15) is 5.26 Å². The van der Waals surface area contributed by atoms with E-state index in [1.165, 1.54) is 11.0 Å². The van der Waals surface area contributed by atoms with Crippen LogP contribution in [0.5, 0.6) is 0 Å². The number of alkyl carbamates (subject to hydrolysis) is 1. The van der Waals surface area contributed by atoms with Gasteiger partial charge >= 0.3 is 13.2 Å². The lowest BCUT2D eigenvalue weighted by atomic mass is 9.76. The maximum atomic E-state index is 14.1. The third-order valence-electron chi connectivity index (χ3n) is 4.92. The highest BCUT2D eigenvalue weighted by Crippen LogP contribution is 2.25. The fourth-order valence-corrected chi connectivity index (χ4v) is 3.46. The third-order valence-corrected chi connectivity index (χ3v) is 4.92. The van der Waals surface area contributed by atoms with Crippen LogP contribution in [0.3, 0.4) is 0 Å². The maximum absolute atomic E-state index is 14.1. The Morgan fingerprint density at radius 2 is 2.03 bits per heavy atom. The first-order valence-electron chi connectivity index (χ1n) is 10.4. The molecule has 0 radical (unpaired) electrons. The van der Waals surface area contributed by atoms with Gasteiger partial charge in [-0.25, -0.2) is 9.18 Å². The van der Waals surface area contributed by atoms with Crippen molar-refractivity contribution in [2.75, 3.05) is 13.2 Å². The molecule has 0 aromatic heterocycles. The van der Waals surface area contributed by atoms with E-state index in [0.717, 1.165) is 5.56 Å². The third kappa shape index (κ3) is 7.66. The lowest BCUT2D eigenvalue weighted by Gasteiger charge is -2.25. The van der Waals surface area contributed by atoms with E-state index in [4.69, 9.17) is 4.74 Å². The Bertz CT molecular complexity index is 867. The molecule has 8 nitrogen and oxygen atoms in total. The molecule has 1 aromatic rings. The van der Waals surface area contributed by atoms with E-state index in [1.54, 1.807) is 24.3 Å². The molecule has 0 aliphatic carbocycles. The molecule has 32 heavy (non-hydrogen) atoms. The van der Waals surface area contributed by atoms with Gasteiger partial charge < -0.3 is 25.0 Å². The second-order valence-electron chi connectivity index (χ2n) is 8.93. The van der Waals surface area contributed by atoms with Crippen molar-refractivity contribution in [1.82, 2.24) is 10.2 Å². The first-order valence-corrected chi connectivity index (χ1v) is 10.4. The van der Waals surface area contributed by atoms with Crippen LogP contribution in [0.25, 0.3) is 0 Å².